The molecular formula is C16HClF32O4S. The van der Waals surface area contributed by atoms with Gasteiger partial charge in [-0.1, -0.05) is 0 Å². The van der Waals surface area contributed by atoms with Gasteiger partial charge >= 0.3 is 104 Å². The maximum Gasteiger partial charge on any atom is 0.460 e. The summed E-state index contributed by atoms with van der Waals surface area (Å²) < 4.78 is 459. The van der Waals surface area contributed by atoms with Gasteiger partial charge in [-0.05, 0) is 11.6 Å². The molecule has 0 bridgehead atoms. The van der Waals surface area contributed by atoms with Crippen LogP contribution < -0.4 is 0 Å². The lowest BCUT2D eigenvalue weighted by molar-refractivity contribution is -0.509. The Morgan fingerprint density at radius 3 is 0.648 bits per heavy atom. The van der Waals surface area contributed by atoms with E-state index in [1.54, 1.807) is 0 Å². The molecule has 0 aliphatic carbocycles. The summed E-state index contributed by atoms with van der Waals surface area (Å²) in [5.74, 6) is -117. The van der Waals surface area contributed by atoms with Gasteiger partial charge in [-0.3, -0.25) is 4.55 Å². The molecule has 0 atom stereocenters. The van der Waals surface area contributed by atoms with E-state index in [-0.39, 0.29) is 0 Å². The first-order valence-corrected chi connectivity index (χ1v) is 12.7. The second-order valence-corrected chi connectivity index (χ2v) is 11.5. The van der Waals surface area contributed by atoms with Crippen molar-refractivity contribution >= 4 is 21.7 Å². The topological polar surface area (TPSA) is 63.6 Å². The third-order valence-electron chi connectivity index (χ3n) is 5.98. The van der Waals surface area contributed by atoms with Crippen LogP contribution in [0.3, 0.4) is 0 Å². The molecule has 0 radical (unpaired) electrons. The number of rotatable bonds is 17. The fourth-order valence-electron chi connectivity index (χ4n) is 2.77. The molecule has 0 aliphatic rings. The molecule has 0 fully saturated rings. The largest absolute Gasteiger partial charge is 0.460 e. The summed E-state index contributed by atoms with van der Waals surface area (Å²) in [6.45, 7) is 0. The number of ether oxygens (including phenoxy) is 1. The van der Waals surface area contributed by atoms with Crippen molar-refractivity contribution in [1.29, 1.82) is 0 Å². The van der Waals surface area contributed by atoms with Crippen LogP contribution in [0, 0.1) is 0 Å². The minimum absolute atomic E-state index is 0.826. The van der Waals surface area contributed by atoms with E-state index in [4.69, 9.17) is 4.55 Å². The lowest BCUT2D eigenvalue weighted by Crippen LogP contribution is -2.79. The van der Waals surface area contributed by atoms with Crippen LogP contribution in [-0.2, 0) is 14.9 Å². The van der Waals surface area contributed by atoms with E-state index in [9.17, 15) is 149 Å². The van der Waals surface area contributed by atoms with Gasteiger partial charge in [0.2, 0.25) is 0 Å². The summed E-state index contributed by atoms with van der Waals surface area (Å²) in [6, 6.07) is 0. The molecule has 1 N–H and O–H groups in total. The lowest BCUT2D eigenvalue weighted by atomic mass is 9.84. The van der Waals surface area contributed by atoms with Crippen molar-refractivity contribution in [3.8, 4) is 0 Å². The molecule has 0 amide bonds. The van der Waals surface area contributed by atoms with E-state index in [0.717, 1.165) is 4.74 Å². The van der Waals surface area contributed by atoms with Crippen LogP contribution >= 0.6 is 11.6 Å². The standard InChI is InChI=1S/C16HClF32O4S/c17-13(42,43)11(38,39)9(34,35)7(30,31)5(26,27)3(22,23)1(18,19)2(20,21)4(24,25)6(28,29)8(32,33)10(36,37)12(40,41)14(44,45)53-15(46,47)16(48,49)54(50,51)52/h(H,50,51,52). The summed E-state index contributed by atoms with van der Waals surface area (Å²) in [7, 11) is -8.04. The molecule has 0 saturated heterocycles. The van der Waals surface area contributed by atoms with Crippen molar-refractivity contribution in [1.82, 2.24) is 0 Å². The predicted octanol–water partition coefficient (Wildman–Crippen LogP) is 10.1. The highest BCUT2D eigenvalue weighted by Gasteiger charge is 3.01. The van der Waals surface area contributed by atoms with Gasteiger partial charge in [0.15, 0.2) is 0 Å². The molecule has 0 spiro atoms. The van der Waals surface area contributed by atoms with E-state index in [1.165, 1.54) is 0 Å². The molecule has 38 heteroatoms. The minimum Gasteiger partial charge on any atom is -0.281 e. The first kappa shape index (κ1) is 51.9. The van der Waals surface area contributed by atoms with Gasteiger partial charge in [0.05, 0.1) is 0 Å². The fourth-order valence-corrected chi connectivity index (χ4v) is 3.23. The highest BCUT2D eigenvalue weighted by Crippen LogP contribution is 2.69. The fraction of sp³-hybridized carbons (Fsp3) is 1.00. The quantitative estimate of drug-likeness (QED) is 0.0897. The van der Waals surface area contributed by atoms with Gasteiger partial charge in [-0.15, -0.1) is 0 Å². The highest BCUT2D eigenvalue weighted by molar-refractivity contribution is 7.86. The molecular weight excluding hydrogens is 932 g/mol. The van der Waals surface area contributed by atoms with E-state index in [0.29, 0.717) is 0 Å². The monoisotopic (exact) mass is 932 g/mol. The zero-order valence-electron chi connectivity index (χ0n) is 22.6. The highest BCUT2D eigenvalue weighted by atomic mass is 35.5. The molecule has 0 aromatic carbocycles. The van der Waals surface area contributed by atoms with Crippen molar-refractivity contribution in [3.63, 3.8) is 0 Å². The molecule has 0 unspecified atom stereocenters. The van der Waals surface area contributed by atoms with Crippen LogP contribution in [0.5, 0.6) is 0 Å². The van der Waals surface area contributed by atoms with E-state index < -0.39 is 104 Å². The SMILES string of the molecule is O=S(=O)(O)C(F)(F)C(F)(F)OC(F)(F)C(F)(F)C(F)(F)C(F)(F)C(F)(F)C(F)(F)C(F)(F)C(F)(F)C(F)(F)C(F)(F)C(F)(F)C(F)(F)C(F)(F)C(F)(F)Cl. The molecule has 0 aliphatic heterocycles. The van der Waals surface area contributed by atoms with Crippen LogP contribution in [0.25, 0.3) is 0 Å². The number of alkyl halides is 33. The Balaban J connectivity index is 7.64. The summed E-state index contributed by atoms with van der Waals surface area (Å²) >= 11 is 3.14. The van der Waals surface area contributed by atoms with Crippen molar-refractivity contribution < 1.29 is 158 Å². The smallest absolute Gasteiger partial charge is 0.281 e. The summed E-state index contributed by atoms with van der Waals surface area (Å²) in [6.07, 6.45) is -17.2. The number of hydrogen-bond donors (Lipinski definition) is 1. The van der Waals surface area contributed by atoms with Gasteiger partial charge < -0.3 is 0 Å². The zero-order valence-corrected chi connectivity index (χ0v) is 24.1. The summed E-state index contributed by atoms with van der Waals surface area (Å²) in [5.41, 5.74) is 0. The average molecular weight is 933 g/mol. The molecule has 0 aromatic rings. The van der Waals surface area contributed by atoms with E-state index >= 15 is 0 Å². The summed E-state index contributed by atoms with van der Waals surface area (Å²) in [4.78, 5) is 0. The third kappa shape index (κ3) is 6.19. The third-order valence-corrected chi connectivity index (χ3v) is 7.10. The molecule has 0 saturated carbocycles. The zero-order chi connectivity index (χ0) is 45.2. The lowest BCUT2D eigenvalue weighted by Gasteiger charge is -2.46. The Labute approximate surface area is 275 Å². The molecule has 326 valence electrons. The van der Waals surface area contributed by atoms with Crippen molar-refractivity contribution in [2.75, 3.05) is 0 Å². The molecule has 0 heterocycles. The van der Waals surface area contributed by atoms with Crippen molar-refractivity contribution in [3.05, 3.63) is 0 Å². The number of hydrogen-bond acceptors (Lipinski definition) is 3. The Hall–Kier alpha value is -2.08. The van der Waals surface area contributed by atoms with Gasteiger partial charge in [-0.2, -0.15) is 149 Å². The van der Waals surface area contributed by atoms with E-state index in [1.807, 2.05) is 0 Å². The second-order valence-electron chi connectivity index (χ2n) is 9.52. The Morgan fingerprint density at radius 2 is 0.481 bits per heavy atom. The first-order chi connectivity index (χ1) is 22.5. The minimum atomic E-state index is -10.2. The predicted molar refractivity (Wildman–Crippen MR) is 97.6 cm³/mol. The van der Waals surface area contributed by atoms with Gasteiger partial charge in [0, 0.05) is 0 Å². The van der Waals surface area contributed by atoms with Crippen LogP contribution in [0.1, 0.15) is 0 Å². The maximum absolute atomic E-state index is 13.8. The van der Waals surface area contributed by atoms with Crippen LogP contribution in [-0.4, -0.2) is 107 Å². The molecule has 54 heavy (non-hydrogen) atoms. The van der Waals surface area contributed by atoms with Crippen molar-refractivity contribution in [2.45, 2.75) is 93.9 Å². The molecule has 4 nitrogen and oxygen atoms in total. The Bertz CT molecular complexity index is 1510. The van der Waals surface area contributed by atoms with Crippen LogP contribution in [0.2, 0.25) is 0 Å². The number of halogens is 33. The van der Waals surface area contributed by atoms with Gasteiger partial charge in [0.25, 0.3) is 0 Å². The van der Waals surface area contributed by atoms with Crippen LogP contribution in [0.15, 0.2) is 0 Å². The van der Waals surface area contributed by atoms with Gasteiger partial charge in [-0.25, -0.2) is 4.74 Å². The normalized spacial score (nSPS) is 17.3. The van der Waals surface area contributed by atoms with E-state index in [2.05, 4.69) is 11.6 Å². The second kappa shape index (κ2) is 12.5. The Kier molecular flexibility index (Phi) is 12.0. The average Bonchev–Trinajstić information content (AvgIpc) is 2.89. The first-order valence-electron chi connectivity index (χ1n) is 10.9. The maximum atomic E-state index is 13.8. The Morgan fingerprint density at radius 1 is 0.315 bits per heavy atom. The van der Waals surface area contributed by atoms with Gasteiger partial charge in [0.1, 0.15) is 0 Å². The molecule has 0 aromatic heterocycles. The van der Waals surface area contributed by atoms with Crippen LogP contribution in [0.4, 0.5) is 140 Å². The summed E-state index contributed by atoms with van der Waals surface area (Å²) in [5, 5.41) is -15.3. The van der Waals surface area contributed by atoms with Crippen molar-refractivity contribution in [2.24, 2.45) is 0 Å². The molecule has 0 rings (SSSR count).